The molecule has 148 valence electrons. The molecule has 2 N–H and O–H groups in total. The molecule has 1 unspecified atom stereocenters. The number of carboxylic acid groups (broad SMARTS) is 1. The van der Waals surface area contributed by atoms with E-state index in [1.165, 1.54) is 32.0 Å². The predicted octanol–water partition coefficient (Wildman–Crippen LogP) is 4.33. The van der Waals surface area contributed by atoms with Gasteiger partial charge in [0, 0.05) is 18.2 Å². The van der Waals surface area contributed by atoms with Crippen molar-refractivity contribution in [2.75, 3.05) is 19.6 Å². The second-order valence-electron chi connectivity index (χ2n) is 6.89. The van der Waals surface area contributed by atoms with Gasteiger partial charge in [-0.2, -0.15) is 0 Å². The van der Waals surface area contributed by atoms with Gasteiger partial charge in [-0.1, -0.05) is 11.6 Å². The zero-order valence-corrected chi connectivity index (χ0v) is 17.1. The average Bonchev–Trinajstić information content (AvgIpc) is 3.10. The number of halogens is 3. The van der Waals surface area contributed by atoms with Crippen molar-refractivity contribution in [2.24, 2.45) is 5.92 Å². The molecule has 5 rings (SSSR count). The molecule has 2 bridgehead atoms. The van der Waals surface area contributed by atoms with Gasteiger partial charge in [-0.05, 0) is 62.2 Å². The number of carboxylic acids is 1. The third kappa shape index (κ3) is 4.79. The normalized spacial score (nSPS) is 23.4. The smallest absolute Gasteiger partial charge is 0.335 e. The van der Waals surface area contributed by atoms with Crippen LogP contribution in [0.5, 0.6) is 0 Å². The highest BCUT2D eigenvalue weighted by Gasteiger charge is 2.33. The topological polar surface area (TPSA) is 65.7 Å². The molecule has 3 aliphatic heterocycles. The van der Waals surface area contributed by atoms with Gasteiger partial charge in [0.25, 0.3) is 0 Å². The summed E-state index contributed by atoms with van der Waals surface area (Å²) in [5, 5.41) is 13.2. The van der Waals surface area contributed by atoms with Crippen molar-refractivity contribution in [3.8, 4) is 11.3 Å². The van der Waals surface area contributed by atoms with Crippen molar-refractivity contribution in [3.63, 3.8) is 0 Å². The number of aromatic carboxylic acids is 1. The maximum atomic E-state index is 11.2. The summed E-state index contributed by atoms with van der Waals surface area (Å²) in [6, 6.07) is 8.93. The summed E-state index contributed by atoms with van der Waals surface area (Å²) >= 11 is 6.21. The number of rotatable bonds is 5. The largest absolute Gasteiger partial charge is 0.478 e. The molecule has 5 nitrogen and oxygen atoms in total. The van der Waals surface area contributed by atoms with E-state index in [1.54, 1.807) is 12.1 Å². The fraction of sp³-hybridized carbons (Fsp3) is 0.421. The second-order valence-corrected chi connectivity index (χ2v) is 7.30. The maximum Gasteiger partial charge on any atom is 0.335 e. The van der Waals surface area contributed by atoms with Crippen LogP contribution in [0.3, 0.4) is 0 Å². The highest BCUT2D eigenvalue weighted by atomic mass is 35.5. The molecular formula is C19H23Cl3N2O3. The Labute approximate surface area is 175 Å². The monoisotopic (exact) mass is 432 g/mol. The summed E-state index contributed by atoms with van der Waals surface area (Å²) in [5.74, 6) is 1.22. The van der Waals surface area contributed by atoms with E-state index in [1.807, 2.05) is 12.1 Å². The summed E-state index contributed by atoms with van der Waals surface area (Å²) in [7, 11) is 0. The summed E-state index contributed by atoms with van der Waals surface area (Å²) < 4.78 is 5.90. The van der Waals surface area contributed by atoms with Crippen LogP contribution in [0.4, 0.5) is 0 Å². The summed E-state index contributed by atoms with van der Waals surface area (Å²) in [6.07, 6.45) is 2.55. The molecule has 1 aromatic heterocycles. The molecule has 3 saturated heterocycles. The molecule has 1 atom stereocenters. The second kappa shape index (κ2) is 9.30. The lowest BCUT2D eigenvalue weighted by atomic mass is 9.84. The van der Waals surface area contributed by atoms with E-state index < -0.39 is 5.97 Å². The van der Waals surface area contributed by atoms with Crippen molar-refractivity contribution in [1.29, 1.82) is 0 Å². The van der Waals surface area contributed by atoms with Gasteiger partial charge in [-0.15, -0.1) is 24.8 Å². The van der Waals surface area contributed by atoms with Crippen molar-refractivity contribution in [2.45, 2.75) is 25.4 Å². The maximum absolute atomic E-state index is 11.2. The SMILES string of the molecule is Cl.Cl.O=C(O)c1ccc(Cl)c(-c2ccc(CNC3CN4CCC3CC4)o2)c1. The lowest BCUT2D eigenvalue weighted by molar-refractivity contribution is 0.0697. The first-order valence-corrected chi connectivity index (χ1v) is 9.05. The summed E-state index contributed by atoms with van der Waals surface area (Å²) in [5.41, 5.74) is 0.804. The standard InChI is InChI=1S/C19H21ClN2O3.2ClH/c20-16-3-1-13(19(23)24)9-15(16)18-4-2-14(25-18)10-21-17-11-22-7-5-12(17)6-8-22;;/h1-4,9,12,17,21H,5-8,10-11H2,(H,23,24);2*1H. The minimum absolute atomic E-state index is 0. The zero-order chi connectivity index (χ0) is 17.4. The Balaban J connectivity index is 0.00000131. The first kappa shape index (κ1) is 22.1. The number of benzene rings is 1. The number of fused-ring (bicyclic) bond motifs is 3. The molecule has 4 heterocycles. The van der Waals surface area contributed by atoms with E-state index in [2.05, 4.69) is 10.2 Å². The molecule has 27 heavy (non-hydrogen) atoms. The van der Waals surface area contributed by atoms with Crippen LogP contribution in [0, 0.1) is 5.92 Å². The first-order chi connectivity index (χ1) is 12.1. The van der Waals surface area contributed by atoms with Gasteiger partial charge in [0.05, 0.1) is 17.1 Å². The Morgan fingerprint density at radius 1 is 1.22 bits per heavy atom. The quantitative estimate of drug-likeness (QED) is 0.735. The Morgan fingerprint density at radius 3 is 2.59 bits per heavy atom. The predicted molar refractivity (Wildman–Crippen MR) is 110 cm³/mol. The van der Waals surface area contributed by atoms with Crippen LogP contribution >= 0.6 is 36.4 Å². The van der Waals surface area contributed by atoms with Gasteiger partial charge >= 0.3 is 5.97 Å². The number of carbonyl (C=O) groups is 1. The van der Waals surface area contributed by atoms with Gasteiger partial charge < -0.3 is 19.7 Å². The fourth-order valence-corrected chi connectivity index (χ4v) is 4.10. The Bertz CT molecular complexity index is 788. The summed E-state index contributed by atoms with van der Waals surface area (Å²) in [4.78, 5) is 13.7. The Kier molecular flexibility index (Phi) is 7.60. The van der Waals surface area contributed by atoms with Crippen molar-refractivity contribution in [1.82, 2.24) is 10.2 Å². The number of nitrogens with zero attached hydrogens (tertiary/aromatic N) is 1. The van der Waals surface area contributed by atoms with Gasteiger partial charge in [-0.3, -0.25) is 0 Å². The third-order valence-electron chi connectivity index (χ3n) is 5.34. The van der Waals surface area contributed by atoms with Crippen molar-refractivity contribution in [3.05, 3.63) is 46.7 Å². The van der Waals surface area contributed by atoms with Crippen LogP contribution in [0.1, 0.15) is 29.0 Å². The van der Waals surface area contributed by atoms with Gasteiger partial charge in [0.15, 0.2) is 0 Å². The lowest BCUT2D eigenvalue weighted by Crippen LogP contribution is -2.55. The third-order valence-corrected chi connectivity index (χ3v) is 5.66. The van der Waals surface area contributed by atoms with Crippen LogP contribution in [0.15, 0.2) is 34.7 Å². The molecule has 2 aromatic rings. The average molecular weight is 434 g/mol. The van der Waals surface area contributed by atoms with Gasteiger partial charge in [0.2, 0.25) is 0 Å². The van der Waals surface area contributed by atoms with E-state index in [-0.39, 0.29) is 30.4 Å². The zero-order valence-electron chi connectivity index (χ0n) is 14.7. The fourth-order valence-electron chi connectivity index (χ4n) is 3.89. The van der Waals surface area contributed by atoms with E-state index in [4.69, 9.17) is 21.1 Å². The molecule has 0 aliphatic carbocycles. The van der Waals surface area contributed by atoms with Crippen LogP contribution in [0.2, 0.25) is 5.02 Å². The van der Waals surface area contributed by atoms with Crippen LogP contribution in [-0.4, -0.2) is 41.7 Å². The molecule has 1 aromatic carbocycles. The number of piperidine rings is 3. The van der Waals surface area contributed by atoms with Crippen LogP contribution in [-0.2, 0) is 6.54 Å². The van der Waals surface area contributed by atoms with E-state index in [9.17, 15) is 4.79 Å². The molecule has 8 heteroatoms. The van der Waals surface area contributed by atoms with Gasteiger partial charge in [-0.25, -0.2) is 4.79 Å². The van der Waals surface area contributed by atoms with Crippen LogP contribution < -0.4 is 5.32 Å². The Hall–Kier alpha value is -1.24. The minimum atomic E-state index is -0.978. The first-order valence-electron chi connectivity index (χ1n) is 8.68. The highest BCUT2D eigenvalue weighted by Crippen LogP contribution is 2.31. The molecule has 0 spiro atoms. The lowest BCUT2D eigenvalue weighted by Gasteiger charge is -2.45. The molecule has 3 fully saturated rings. The van der Waals surface area contributed by atoms with Crippen molar-refractivity contribution < 1.29 is 14.3 Å². The minimum Gasteiger partial charge on any atom is -0.478 e. The Morgan fingerprint density at radius 2 is 1.96 bits per heavy atom. The van der Waals surface area contributed by atoms with Crippen LogP contribution in [0.25, 0.3) is 11.3 Å². The highest BCUT2D eigenvalue weighted by molar-refractivity contribution is 6.33. The molecule has 3 aliphatic rings. The number of furan rings is 1. The van der Waals surface area contributed by atoms with E-state index in [0.29, 0.717) is 28.9 Å². The number of hydrogen-bond acceptors (Lipinski definition) is 4. The summed E-state index contributed by atoms with van der Waals surface area (Å²) in [6.45, 7) is 4.24. The number of hydrogen-bond donors (Lipinski definition) is 2. The number of nitrogens with one attached hydrogen (secondary N) is 1. The molecule has 0 radical (unpaired) electrons. The molecular weight excluding hydrogens is 411 g/mol. The van der Waals surface area contributed by atoms with E-state index >= 15 is 0 Å². The van der Waals surface area contributed by atoms with Gasteiger partial charge in [0.1, 0.15) is 11.5 Å². The van der Waals surface area contributed by atoms with E-state index in [0.717, 1.165) is 18.2 Å². The molecule has 0 amide bonds. The van der Waals surface area contributed by atoms with Crippen molar-refractivity contribution >= 4 is 42.4 Å². The molecule has 0 saturated carbocycles.